The average molecular weight is 398 g/mol. The van der Waals surface area contributed by atoms with Crippen LogP contribution in [0.4, 0.5) is 0 Å². The summed E-state index contributed by atoms with van der Waals surface area (Å²) in [7, 11) is 1.68. The van der Waals surface area contributed by atoms with Crippen LogP contribution in [0.3, 0.4) is 0 Å². The summed E-state index contributed by atoms with van der Waals surface area (Å²) >= 11 is 0. The molecular formula is C22H31N5O2. The number of nitrogens with zero attached hydrogens (tertiary/aromatic N) is 5. The largest absolute Gasteiger partial charge is 0.383 e. The number of rotatable bonds is 7. The fourth-order valence-corrected chi connectivity index (χ4v) is 4.78. The van der Waals surface area contributed by atoms with Crippen LogP contribution in [-0.4, -0.2) is 70.1 Å². The number of likely N-dealkylation sites (tertiary alicyclic amines) is 2. The topological polar surface area (TPSA) is 63.5 Å². The van der Waals surface area contributed by atoms with Crippen LogP contribution in [0.25, 0.3) is 0 Å². The number of ether oxygens (including phenoxy) is 1. The molecule has 2 aromatic rings. The van der Waals surface area contributed by atoms with Crippen molar-refractivity contribution in [2.45, 2.75) is 38.8 Å². The van der Waals surface area contributed by atoms with Crippen LogP contribution in [0.2, 0.25) is 0 Å². The highest BCUT2D eigenvalue weighted by molar-refractivity contribution is 5.86. The van der Waals surface area contributed by atoms with Gasteiger partial charge in [0.1, 0.15) is 0 Å². The van der Waals surface area contributed by atoms with E-state index in [4.69, 9.17) is 9.72 Å². The van der Waals surface area contributed by atoms with Gasteiger partial charge in [-0.1, -0.05) is 6.07 Å². The van der Waals surface area contributed by atoms with Crippen LogP contribution < -0.4 is 0 Å². The Morgan fingerprint density at radius 3 is 2.86 bits per heavy atom. The van der Waals surface area contributed by atoms with Gasteiger partial charge in [-0.3, -0.25) is 14.7 Å². The van der Waals surface area contributed by atoms with E-state index in [0.29, 0.717) is 19.2 Å². The van der Waals surface area contributed by atoms with Crippen molar-refractivity contribution in [1.82, 2.24) is 24.3 Å². The summed E-state index contributed by atoms with van der Waals surface area (Å²) in [6.45, 7) is 8.67. The molecule has 2 saturated heterocycles. The predicted molar refractivity (Wildman–Crippen MR) is 110 cm³/mol. The van der Waals surface area contributed by atoms with Gasteiger partial charge in [-0.15, -0.1) is 0 Å². The molecule has 7 nitrogen and oxygen atoms in total. The molecule has 2 aliphatic heterocycles. The SMILES string of the molecule is COCCN1CCC2(CN(Cc3ccccn3)CC2c2cn(C(C)C)cn2)C1=O. The van der Waals surface area contributed by atoms with Gasteiger partial charge in [-0.25, -0.2) is 4.98 Å². The molecule has 7 heteroatoms. The first-order chi connectivity index (χ1) is 14.0. The Bertz CT molecular complexity index is 837. The van der Waals surface area contributed by atoms with E-state index in [0.717, 1.165) is 44.0 Å². The van der Waals surface area contributed by atoms with Crippen LogP contribution in [-0.2, 0) is 16.1 Å². The number of hydrogen-bond donors (Lipinski definition) is 0. The lowest BCUT2D eigenvalue weighted by Gasteiger charge is -2.28. The van der Waals surface area contributed by atoms with Crippen molar-refractivity contribution >= 4 is 5.91 Å². The Kier molecular flexibility index (Phi) is 5.69. The maximum Gasteiger partial charge on any atom is 0.230 e. The van der Waals surface area contributed by atoms with Crippen molar-refractivity contribution < 1.29 is 9.53 Å². The molecule has 0 saturated carbocycles. The Balaban J connectivity index is 1.61. The number of pyridine rings is 1. The van der Waals surface area contributed by atoms with Crippen LogP contribution in [0.15, 0.2) is 36.9 Å². The van der Waals surface area contributed by atoms with E-state index in [9.17, 15) is 4.79 Å². The molecule has 2 fully saturated rings. The van der Waals surface area contributed by atoms with E-state index in [-0.39, 0.29) is 11.8 Å². The number of aromatic nitrogens is 3. The highest BCUT2D eigenvalue weighted by Gasteiger charge is 2.57. The summed E-state index contributed by atoms with van der Waals surface area (Å²) in [5.74, 6) is 0.355. The average Bonchev–Trinajstić information content (AvgIpc) is 3.41. The zero-order valence-corrected chi connectivity index (χ0v) is 17.6. The first kappa shape index (κ1) is 20.0. The van der Waals surface area contributed by atoms with Gasteiger partial charge >= 0.3 is 0 Å². The van der Waals surface area contributed by atoms with E-state index in [1.807, 2.05) is 29.6 Å². The Morgan fingerprint density at radius 2 is 2.17 bits per heavy atom. The molecule has 2 atom stereocenters. The lowest BCUT2D eigenvalue weighted by molar-refractivity contribution is -0.136. The van der Waals surface area contributed by atoms with Crippen molar-refractivity contribution in [2.24, 2.45) is 5.41 Å². The monoisotopic (exact) mass is 397 g/mol. The molecule has 0 aromatic carbocycles. The quantitative estimate of drug-likeness (QED) is 0.718. The molecule has 29 heavy (non-hydrogen) atoms. The number of imidazole rings is 1. The maximum absolute atomic E-state index is 13.6. The fourth-order valence-electron chi connectivity index (χ4n) is 4.78. The van der Waals surface area contributed by atoms with E-state index in [1.54, 1.807) is 7.11 Å². The second-order valence-corrected chi connectivity index (χ2v) is 8.57. The first-order valence-corrected chi connectivity index (χ1v) is 10.5. The summed E-state index contributed by atoms with van der Waals surface area (Å²) in [6, 6.07) is 6.36. The third-order valence-corrected chi connectivity index (χ3v) is 6.41. The van der Waals surface area contributed by atoms with Gasteiger partial charge < -0.3 is 14.2 Å². The lowest BCUT2D eigenvalue weighted by atomic mass is 9.75. The number of methoxy groups -OCH3 is 1. The van der Waals surface area contributed by atoms with Crippen molar-refractivity contribution in [1.29, 1.82) is 0 Å². The van der Waals surface area contributed by atoms with E-state index >= 15 is 0 Å². The Labute approximate surface area is 172 Å². The van der Waals surface area contributed by atoms with Crippen molar-refractivity contribution in [3.8, 4) is 0 Å². The van der Waals surface area contributed by atoms with Crippen LogP contribution in [0, 0.1) is 5.41 Å². The standard InChI is InChI=1S/C22H31N5O2/c1-17(2)27-14-20(24-16-27)19-13-25(12-18-6-4-5-8-23-18)15-22(19)7-9-26(21(22)28)10-11-29-3/h4-6,8,14,16-17,19H,7,9-13,15H2,1-3H3. The molecule has 4 heterocycles. The van der Waals surface area contributed by atoms with E-state index < -0.39 is 5.41 Å². The molecule has 1 spiro atoms. The van der Waals surface area contributed by atoms with Crippen molar-refractivity contribution in [2.75, 3.05) is 39.9 Å². The highest BCUT2D eigenvalue weighted by atomic mass is 16.5. The zero-order chi connectivity index (χ0) is 20.4. The van der Waals surface area contributed by atoms with Gasteiger partial charge in [0.2, 0.25) is 5.91 Å². The van der Waals surface area contributed by atoms with Gasteiger partial charge in [0, 0.05) is 64.2 Å². The minimum atomic E-state index is -0.404. The molecule has 0 radical (unpaired) electrons. The molecule has 2 aromatic heterocycles. The Hall–Kier alpha value is -2.25. The molecule has 2 unspecified atom stereocenters. The zero-order valence-electron chi connectivity index (χ0n) is 17.6. The van der Waals surface area contributed by atoms with Gasteiger partial charge in [0.15, 0.2) is 0 Å². The van der Waals surface area contributed by atoms with Gasteiger partial charge in [0.25, 0.3) is 0 Å². The van der Waals surface area contributed by atoms with E-state index in [2.05, 4.69) is 40.6 Å². The summed E-state index contributed by atoms with van der Waals surface area (Å²) in [5, 5.41) is 0. The normalized spacial score (nSPS) is 25.0. The van der Waals surface area contributed by atoms with Gasteiger partial charge in [-0.05, 0) is 32.4 Å². The number of carbonyl (C=O) groups excluding carboxylic acids is 1. The first-order valence-electron chi connectivity index (χ1n) is 10.5. The second-order valence-electron chi connectivity index (χ2n) is 8.57. The van der Waals surface area contributed by atoms with Gasteiger partial charge in [-0.2, -0.15) is 0 Å². The minimum absolute atomic E-state index is 0.103. The third-order valence-electron chi connectivity index (χ3n) is 6.41. The van der Waals surface area contributed by atoms with E-state index in [1.165, 1.54) is 0 Å². The summed E-state index contributed by atoms with van der Waals surface area (Å²) in [4.78, 5) is 27.1. The summed E-state index contributed by atoms with van der Waals surface area (Å²) < 4.78 is 7.35. The number of carbonyl (C=O) groups is 1. The molecule has 0 aliphatic carbocycles. The third kappa shape index (κ3) is 3.81. The molecule has 156 valence electrons. The Morgan fingerprint density at radius 1 is 1.31 bits per heavy atom. The maximum atomic E-state index is 13.6. The molecular weight excluding hydrogens is 366 g/mol. The van der Waals surface area contributed by atoms with Crippen LogP contribution >= 0.6 is 0 Å². The number of hydrogen-bond acceptors (Lipinski definition) is 5. The highest BCUT2D eigenvalue weighted by Crippen LogP contribution is 2.49. The molecule has 4 rings (SSSR count). The van der Waals surface area contributed by atoms with Crippen molar-refractivity contribution in [3.63, 3.8) is 0 Å². The molecule has 1 amide bonds. The molecule has 0 bridgehead atoms. The van der Waals surface area contributed by atoms with Crippen LogP contribution in [0.1, 0.15) is 43.6 Å². The van der Waals surface area contributed by atoms with Crippen molar-refractivity contribution in [3.05, 3.63) is 48.3 Å². The predicted octanol–water partition coefficient (Wildman–Crippen LogP) is 2.32. The smallest absolute Gasteiger partial charge is 0.230 e. The number of amides is 1. The second kappa shape index (κ2) is 8.24. The fraction of sp³-hybridized carbons (Fsp3) is 0.591. The summed E-state index contributed by atoms with van der Waals surface area (Å²) in [6.07, 6.45) is 6.73. The lowest BCUT2D eigenvalue weighted by Crippen LogP contribution is -2.40. The molecule has 0 N–H and O–H groups in total. The molecule has 2 aliphatic rings. The minimum Gasteiger partial charge on any atom is -0.383 e. The summed E-state index contributed by atoms with van der Waals surface area (Å²) in [5.41, 5.74) is 1.67. The van der Waals surface area contributed by atoms with Crippen LogP contribution in [0.5, 0.6) is 0 Å². The van der Waals surface area contributed by atoms with Gasteiger partial charge in [0.05, 0.1) is 29.7 Å².